The molecule has 0 radical (unpaired) electrons. The number of rotatable bonds is 4. The Bertz CT molecular complexity index is 262. The van der Waals surface area contributed by atoms with Crippen molar-refractivity contribution >= 4 is 5.78 Å². The van der Waals surface area contributed by atoms with Gasteiger partial charge in [0, 0.05) is 25.6 Å². The van der Waals surface area contributed by atoms with Gasteiger partial charge in [-0.3, -0.25) is 4.79 Å². The van der Waals surface area contributed by atoms with Gasteiger partial charge in [0.15, 0.2) is 0 Å². The maximum Gasteiger partial charge on any atom is 0.136 e. The van der Waals surface area contributed by atoms with E-state index < -0.39 is 0 Å². The highest BCUT2D eigenvalue weighted by Gasteiger charge is 2.25. The Morgan fingerprint density at radius 2 is 1.95 bits per heavy atom. The average Bonchev–Trinajstić information content (AvgIpc) is 2.42. The summed E-state index contributed by atoms with van der Waals surface area (Å²) in [6.45, 7) is 13.8. The number of hydrogen-bond donors (Lipinski definition) is 0. The van der Waals surface area contributed by atoms with Gasteiger partial charge in [0.05, 0.1) is 0 Å². The summed E-state index contributed by atoms with van der Waals surface area (Å²) in [5, 5.41) is 0. The van der Waals surface area contributed by atoms with Crippen LogP contribution in [0.15, 0.2) is 12.2 Å². The number of carbonyl (C=O) groups is 1. The van der Waals surface area contributed by atoms with E-state index in [9.17, 15) is 4.79 Å². The molecule has 0 aromatic rings. The third-order valence-corrected chi connectivity index (χ3v) is 3.19. The van der Waals surface area contributed by atoms with Crippen LogP contribution in [0.5, 0.6) is 0 Å². The van der Waals surface area contributed by atoms with E-state index in [1.165, 1.54) is 5.57 Å². The predicted octanol–water partition coefficient (Wildman–Crippen LogP) is 4.25. The second-order valence-corrected chi connectivity index (χ2v) is 4.89. The van der Waals surface area contributed by atoms with Crippen LogP contribution in [0.3, 0.4) is 0 Å². The van der Waals surface area contributed by atoms with Crippen molar-refractivity contribution in [2.24, 2.45) is 11.8 Å². The van der Waals surface area contributed by atoms with Crippen LogP contribution in [0.2, 0.25) is 0 Å². The lowest BCUT2D eigenvalue weighted by Crippen LogP contribution is -2.22. The first-order valence-corrected chi connectivity index (χ1v) is 7.12. The molecule has 0 spiro atoms. The molecular weight excluding hydrogens is 236 g/mol. The lowest BCUT2D eigenvalue weighted by atomic mass is 9.79. The van der Waals surface area contributed by atoms with E-state index in [1.807, 2.05) is 20.8 Å². The Morgan fingerprint density at radius 3 is 2.26 bits per heavy atom. The minimum absolute atomic E-state index is 0.297. The van der Waals surface area contributed by atoms with Crippen LogP contribution in [0.1, 0.15) is 53.4 Å². The van der Waals surface area contributed by atoms with Crippen molar-refractivity contribution in [3.63, 3.8) is 0 Å². The van der Waals surface area contributed by atoms with Crippen LogP contribution < -0.4 is 0 Å². The predicted molar refractivity (Wildman–Crippen MR) is 83.0 cm³/mol. The van der Waals surface area contributed by atoms with Crippen LogP contribution >= 0.6 is 0 Å². The molecule has 0 bridgehead atoms. The van der Waals surface area contributed by atoms with E-state index in [4.69, 9.17) is 4.74 Å². The summed E-state index contributed by atoms with van der Waals surface area (Å²) in [6.07, 6.45) is 12.1. The van der Waals surface area contributed by atoms with Crippen molar-refractivity contribution in [2.45, 2.75) is 53.4 Å². The van der Waals surface area contributed by atoms with Crippen LogP contribution in [-0.4, -0.2) is 19.0 Å². The molecule has 0 saturated heterocycles. The average molecular weight is 266 g/mol. The van der Waals surface area contributed by atoms with Crippen molar-refractivity contribution in [1.82, 2.24) is 0 Å². The summed E-state index contributed by atoms with van der Waals surface area (Å²) in [7, 11) is 0. The lowest BCUT2D eigenvalue weighted by molar-refractivity contribution is -0.124. The minimum atomic E-state index is 0.297. The fourth-order valence-corrected chi connectivity index (χ4v) is 1.87. The summed E-state index contributed by atoms with van der Waals surface area (Å²) in [6, 6.07) is 0. The van der Waals surface area contributed by atoms with Crippen molar-refractivity contribution in [3.05, 3.63) is 12.2 Å². The largest absolute Gasteiger partial charge is 0.382 e. The molecule has 110 valence electrons. The molecule has 0 aromatic heterocycles. The fourth-order valence-electron chi connectivity index (χ4n) is 1.87. The van der Waals surface area contributed by atoms with Gasteiger partial charge in [-0.25, -0.2) is 0 Å². The van der Waals surface area contributed by atoms with Gasteiger partial charge in [-0.05, 0) is 39.0 Å². The van der Waals surface area contributed by atoms with Crippen molar-refractivity contribution in [1.29, 1.82) is 0 Å². The van der Waals surface area contributed by atoms with E-state index >= 15 is 0 Å². The number of terminal acetylenes is 1. The SMILES string of the molecule is C#C.C=C(C)[C@@H]1CC[C@H](C)C(=O)C1.CCCOCC. The highest BCUT2D eigenvalue weighted by atomic mass is 16.5. The maximum atomic E-state index is 11.3. The number of ether oxygens (including phenoxy) is 1. The molecule has 1 aliphatic carbocycles. The molecule has 1 fully saturated rings. The third kappa shape index (κ3) is 10.5. The van der Waals surface area contributed by atoms with E-state index in [-0.39, 0.29) is 0 Å². The van der Waals surface area contributed by atoms with Crippen molar-refractivity contribution in [3.8, 4) is 12.8 Å². The van der Waals surface area contributed by atoms with Gasteiger partial charge in [-0.1, -0.05) is 26.0 Å². The topological polar surface area (TPSA) is 26.3 Å². The van der Waals surface area contributed by atoms with E-state index in [0.717, 1.165) is 38.9 Å². The highest BCUT2D eigenvalue weighted by Crippen LogP contribution is 2.29. The van der Waals surface area contributed by atoms with Crippen LogP contribution in [-0.2, 0) is 9.53 Å². The lowest BCUT2D eigenvalue weighted by Gasteiger charge is -2.25. The Balaban J connectivity index is 0. The second-order valence-electron chi connectivity index (χ2n) is 4.89. The number of allylic oxidation sites excluding steroid dienone is 1. The van der Waals surface area contributed by atoms with Gasteiger partial charge in [0.1, 0.15) is 5.78 Å². The molecule has 0 amide bonds. The summed E-state index contributed by atoms with van der Waals surface area (Å²) in [4.78, 5) is 11.3. The van der Waals surface area contributed by atoms with Crippen LogP contribution in [0.4, 0.5) is 0 Å². The van der Waals surface area contributed by atoms with Gasteiger partial charge in [0.2, 0.25) is 0 Å². The van der Waals surface area contributed by atoms with Crippen molar-refractivity contribution in [2.75, 3.05) is 13.2 Å². The molecule has 2 heteroatoms. The number of Topliss-reactive ketones (excluding diaryl/α,β-unsaturated/α-hetero) is 1. The normalized spacial score (nSPS) is 21.5. The Hall–Kier alpha value is -1.07. The van der Waals surface area contributed by atoms with Gasteiger partial charge < -0.3 is 4.74 Å². The number of carbonyl (C=O) groups excluding carboxylic acids is 1. The monoisotopic (exact) mass is 266 g/mol. The summed E-state index contributed by atoms with van der Waals surface area (Å²) in [5.41, 5.74) is 1.17. The van der Waals surface area contributed by atoms with E-state index in [0.29, 0.717) is 17.6 Å². The molecule has 0 aromatic carbocycles. The number of ketones is 1. The first-order chi connectivity index (χ1) is 9.02. The summed E-state index contributed by atoms with van der Waals surface area (Å²) in [5.74, 6) is 1.19. The van der Waals surface area contributed by atoms with E-state index in [2.05, 4.69) is 26.3 Å². The molecular formula is C17H30O2. The Kier molecular flexibility index (Phi) is 14.2. The third-order valence-electron chi connectivity index (χ3n) is 3.19. The molecule has 1 saturated carbocycles. The van der Waals surface area contributed by atoms with Gasteiger partial charge in [-0.2, -0.15) is 0 Å². The smallest absolute Gasteiger partial charge is 0.136 e. The molecule has 1 rings (SSSR count). The second kappa shape index (κ2) is 13.4. The van der Waals surface area contributed by atoms with Crippen molar-refractivity contribution < 1.29 is 9.53 Å². The Morgan fingerprint density at radius 1 is 1.37 bits per heavy atom. The Labute approximate surface area is 119 Å². The molecule has 0 heterocycles. The molecule has 0 N–H and O–H groups in total. The molecule has 0 unspecified atom stereocenters. The zero-order valence-electron chi connectivity index (χ0n) is 13.1. The summed E-state index contributed by atoms with van der Waals surface area (Å²) >= 11 is 0. The zero-order valence-corrected chi connectivity index (χ0v) is 13.1. The first kappa shape index (κ1) is 20.3. The van der Waals surface area contributed by atoms with Gasteiger partial charge >= 0.3 is 0 Å². The zero-order chi connectivity index (χ0) is 15.3. The molecule has 0 aliphatic heterocycles. The van der Waals surface area contributed by atoms with Crippen LogP contribution in [0.25, 0.3) is 0 Å². The highest BCUT2D eigenvalue weighted by molar-refractivity contribution is 5.81. The van der Waals surface area contributed by atoms with Gasteiger partial charge in [-0.15, -0.1) is 12.8 Å². The minimum Gasteiger partial charge on any atom is -0.382 e. The standard InChI is InChI=1S/C10H16O.C5H12O.C2H2/c1-7(2)9-5-4-8(3)10(11)6-9;1-3-5-6-4-2;1-2/h8-9H,1,4-6H2,2-3H3;3-5H2,1-2H3;1-2H/t8-,9+;;/m0../s1. The quantitative estimate of drug-likeness (QED) is 0.432. The first-order valence-electron chi connectivity index (χ1n) is 7.12. The van der Waals surface area contributed by atoms with Gasteiger partial charge in [0.25, 0.3) is 0 Å². The summed E-state index contributed by atoms with van der Waals surface area (Å²) < 4.78 is 4.98. The number of hydrogen-bond acceptors (Lipinski definition) is 2. The molecule has 1 aliphatic rings. The fraction of sp³-hybridized carbons (Fsp3) is 0.706. The molecule has 2 nitrogen and oxygen atoms in total. The van der Waals surface area contributed by atoms with E-state index in [1.54, 1.807) is 0 Å². The molecule has 2 atom stereocenters. The maximum absolute atomic E-state index is 11.3. The molecule has 19 heavy (non-hydrogen) atoms. The van der Waals surface area contributed by atoms with Crippen LogP contribution in [0, 0.1) is 24.7 Å².